The number of aromatic amines is 1. The second kappa shape index (κ2) is 9.80. The number of nitrogens with one attached hydrogen (secondary N) is 3. The van der Waals surface area contributed by atoms with Crippen LogP contribution in [0.4, 0.5) is 11.4 Å². The fourth-order valence-electron chi connectivity index (χ4n) is 5.28. The lowest BCUT2D eigenvalue weighted by Crippen LogP contribution is -2.49. The van der Waals surface area contributed by atoms with E-state index in [0.29, 0.717) is 53.3 Å². The first-order chi connectivity index (χ1) is 18.3. The highest BCUT2D eigenvalue weighted by Crippen LogP contribution is 2.49. The van der Waals surface area contributed by atoms with Crippen molar-refractivity contribution >= 4 is 28.9 Å². The molecular formula is C28H31ClN4O5. The predicted molar refractivity (Wildman–Crippen MR) is 144 cm³/mol. The lowest BCUT2D eigenvalue weighted by atomic mass is 9.74. The smallest absolute Gasteiger partial charge is 0.255 e. The quantitative estimate of drug-likeness (QED) is 0.386. The van der Waals surface area contributed by atoms with Gasteiger partial charge in [0.05, 0.1) is 59.8 Å². The zero-order chi connectivity index (χ0) is 26.4. The molecule has 38 heavy (non-hydrogen) atoms. The second-order valence-corrected chi connectivity index (χ2v) is 11.0. The highest BCUT2D eigenvalue weighted by Gasteiger charge is 2.43. The van der Waals surface area contributed by atoms with E-state index in [1.807, 2.05) is 32.0 Å². The summed E-state index contributed by atoms with van der Waals surface area (Å²) >= 11 is 6.41. The van der Waals surface area contributed by atoms with Crippen molar-refractivity contribution in [2.24, 2.45) is 0 Å². The summed E-state index contributed by atoms with van der Waals surface area (Å²) in [6.07, 6.45) is 5.17. The van der Waals surface area contributed by atoms with Crippen LogP contribution >= 0.6 is 11.6 Å². The Hall–Kier alpha value is -3.27. The molecule has 2 aromatic heterocycles. The van der Waals surface area contributed by atoms with Gasteiger partial charge in [-0.25, -0.2) is 0 Å². The van der Waals surface area contributed by atoms with E-state index >= 15 is 0 Å². The monoisotopic (exact) mass is 538 g/mol. The van der Waals surface area contributed by atoms with Gasteiger partial charge in [0.25, 0.3) is 5.91 Å². The van der Waals surface area contributed by atoms with Crippen LogP contribution in [0.25, 0.3) is 11.3 Å². The van der Waals surface area contributed by atoms with Crippen molar-refractivity contribution in [3.05, 3.63) is 52.9 Å². The predicted octanol–water partition coefficient (Wildman–Crippen LogP) is 5.04. The minimum Gasteiger partial charge on any atom is -0.493 e. The molecule has 0 radical (unpaired) electrons. The molecule has 3 N–H and O–H groups in total. The maximum atomic E-state index is 13.3. The summed E-state index contributed by atoms with van der Waals surface area (Å²) in [5, 5.41) is 7.08. The molecule has 6 rings (SSSR count). The van der Waals surface area contributed by atoms with Crippen LogP contribution in [0.3, 0.4) is 0 Å². The second-order valence-electron chi connectivity index (χ2n) is 10.6. The van der Waals surface area contributed by atoms with Crippen molar-refractivity contribution < 1.29 is 23.7 Å². The lowest BCUT2D eigenvalue weighted by molar-refractivity contribution is -0.181. The normalized spacial score (nSPS) is 23.5. The van der Waals surface area contributed by atoms with Gasteiger partial charge >= 0.3 is 0 Å². The molecule has 0 bridgehead atoms. The third-order valence-corrected chi connectivity index (χ3v) is 7.75. The van der Waals surface area contributed by atoms with Crippen LogP contribution < -0.4 is 20.1 Å². The Morgan fingerprint density at radius 2 is 2.13 bits per heavy atom. The molecule has 4 heterocycles. The zero-order valence-electron chi connectivity index (χ0n) is 21.6. The van der Waals surface area contributed by atoms with Crippen molar-refractivity contribution in [3.8, 4) is 22.8 Å². The van der Waals surface area contributed by atoms with E-state index < -0.39 is 0 Å². The van der Waals surface area contributed by atoms with E-state index in [1.54, 1.807) is 25.6 Å². The number of H-pyrrole nitrogens is 1. The van der Waals surface area contributed by atoms with Crippen molar-refractivity contribution in [1.82, 2.24) is 15.3 Å². The molecule has 1 saturated carbocycles. The number of methoxy groups -OCH3 is 1. The number of anilines is 2. The van der Waals surface area contributed by atoms with Crippen LogP contribution in [0.5, 0.6) is 11.5 Å². The minimum absolute atomic E-state index is 0.112. The summed E-state index contributed by atoms with van der Waals surface area (Å²) in [5.74, 6) is 1.20. The van der Waals surface area contributed by atoms with Gasteiger partial charge in [-0.2, -0.15) is 0 Å². The number of benzene rings is 1. The van der Waals surface area contributed by atoms with Gasteiger partial charge < -0.3 is 34.6 Å². The molecular weight excluding hydrogens is 508 g/mol. The Morgan fingerprint density at radius 3 is 2.87 bits per heavy atom. The van der Waals surface area contributed by atoms with Gasteiger partial charge in [0, 0.05) is 29.4 Å². The first-order valence-corrected chi connectivity index (χ1v) is 13.2. The fraction of sp³-hybridized carbons (Fsp3) is 0.429. The average molecular weight is 539 g/mol. The maximum Gasteiger partial charge on any atom is 0.255 e. The number of ether oxygens (including phenoxy) is 4. The topological polar surface area (TPSA) is 107 Å². The van der Waals surface area contributed by atoms with Crippen molar-refractivity contribution in [3.63, 3.8) is 0 Å². The highest BCUT2D eigenvalue weighted by atomic mass is 35.5. The molecule has 2 aliphatic heterocycles. The number of halogens is 1. The van der Waals surface area contributed by atoms with Gasteiger partial charge in [-0.1, -0.05) is 17.7 Å². The van der Waals surface area contributed by atoms with Crippen LogP contribution in [-0.4, -0.2) is 60.6 Å². The van der Waals surface area contributed by atoms with E-state index in [4.69, 9.17) is 30.5 Å². The Morgan fingerprint density at radius 1 is 1.26 bits per heavy atom. The molecule has 3 atom stereocenters. The Balaban J connectivity index is 1.38. The van der Waals surface area contributed by atoms with Crippen LogP contribution in [0.2, 0.25) is 5.02 Å². The van der Waals surface area contributed by atoms with Crippen LogP contribution in [-0.2, 0) is 9.47 Å². The molecule has 2 fully saturated rings. The molecule has 1 saturated heterocycles. The molecule has 9 nitrogen and oxygen atoms in total. The molecule has 3 aliphatic rings. The van der Waals surface area contributed by atoms with E-state index in [9.17, 15) is 4.79 Å². The summed E-state index contributed by atoms with van der Waals surface area (Å²) in [4.78, 5) is 21.2. The number of amides is 1. The summed E-state index contributed by atoms with van der Waals surface area (Å²) in [6.45, 7) is 5.26. The highest BCUT2D eigenvalue weighted by molar-refractivity contribution is 6.32. The Labute approximate surface area is 226 Å². The number of carbonyl (C=O) groups is 1. The number of carbonyl (C=O) groups excluding carboxylic acids is 1. The van der Waals surface area contributed by atoms with Gasteiger partial charge in [-0.15, -0.1) is 0 Å². The van der Waals surface area contributed by atoms with E-state index in [1.165, 1.54) is 0 Å². The maximum absolute atomic E-state index is 13.3. The zero-order valence-corrected chi connectivity index (χ0v) is 22.4. The van der Waals surface area contributed by atoms with Gasteiger partial charge in [-0.05, 0) is 44.9 Å². The lowest BCUT2D eigenvalue weighted by Gasteiger charge is -2.40. The van der Waals surface area contributed by atoms with Gasteiger partial charge in [0.15, 0.2) is 5.75 Å². The van der Waals surface area contributed by atoms with Gasteiger partial charge in [0.1, 0.15) is 18.5 Å². The number of rotatable bonds is 7. The summed E-state index contributed by atoms with van der Waals surface area (Å²) in [6, 6.07) is 7.49. The number of pyridine rings is 1. The van der Waals surface area contributed by atoms with Crippen molar-refractivity contribution in [2.45, 2.75) is 50.4 Å². The van der Waals surface area contributed by atoms with Gasteiger partial charge in [-0.3, -0.25) is 9.78 Å². The Bertz CT molecular complexity index is 1360. The molecule has 0 spiro atoms. The first-order valence-electron chi connectivity index (χ1n) is 12.8. The van der Waals surface area contributed by atoms with Crippen LogP contribution in [0.15, 0.2) is 36.7 Å². The molecule has 1 aliphatic carbocycles. The average Bonchev–Trinajstić information content (AvgIpc) is 3.24. The first kappa shape index (κ1) is 25.0. The largest absolute Gasteiger partial charge is 0.493 e. The molecule has 3 aromatic rings. The number of aromatic nitrogens is 2. The summed E-state index contributed by atoms with van der Waals surface area (Å²) in [5.41, 5.74) is 4.02. The van der Waals surface area contributed by atoms with E-state index in [2.05, 4.69) is 20.6 Å². The third-order valence-electron chi connectivity index (χ3n) is 7.45. The molecule has 200 valence electrons. The number of hydrogen-bond donors (Lipinski definition) is 3. The van der Waals surface area contributed by atoms with E-state index in [-0.39, 0.29) is 29.6 Å². The molecule has 1 amide bonds. The van der Waals surface area contributed by atoms with Crippen molar-refractivity contribution in [2.75, 3.05) is 32.2 Å². The summed E-state index contributed by atoms with van der Waals surface area (Å²) < 4.78 is 23.6. The summed E-state index contributed by atoms with van der Waals surface area (Å²) in [7, 11) is 1.57. The number of fused-ring (bicyclic) bond motifs is 3. The minimum atomic E-state index is -0.304. The molecule has 0 unspecified atom stereocenters. The van der Waals surface area contributed by atoms with Crippen LogP contribution in [0.1, 0.15) is 48.7 Å². The van der Waals surface area contributed by atoms with Crippen molar-refractivity contribution in [1.29, 1.82) is 0 Å². The van der Waals surface area contributed by atoms with Crippen LogP contribution in [0, 0.1) is 0 Å². The molecule has 10 heteroatoms. The standard InChI is InChI=1S/C28H31ClN4O5/c1-28(2)14-37-15(13-38-28)12-36-21-11-30-10-9-17(21)24-25(31-20-6-4-5-18(29)26(20)35-3)22-23(33-24)16-7-8-19(16)32-27(22)34/h4-6,9-11,15-16,19,31,33H,7-8,12-14H2,1-3H3,(H,32,34)/t15-,16+,19-/m1/s1. The number of para-hydroxylation sites is 1. The number of nitrogens with zero attached hydrogens (tertiary/aromatic N) is 1. The third kappa shape index (κ3) is 4.48. The van der Waals surface area contributed by atoms with Gasteiger partial charge in [0.2, 0.25) is 0 Å². The Kier molecular flexibility index (Phi) is 6.45. The SMILES string of the molecule is COc1c(Cl)cccc1Nc1c(-c2ccncc2OC[C@@H]2COC(C)(C)CO2)[nH]c2c1C(=O)N[C@@H]1CC[C@H]21. The number of hydrogen-bond acceptors (Lipinski definition) is 7. The van der Waals surface area contributed by atoms with E-state index in [0.717, 1.165) is 29.8 Å². The molecule has 1 aromatic carbocycles. The fourth-order valence-corrected chi connectivity index (χ4v) is 5.53.